The van der Waals surface area contributed by atoms with Gasteiger partial charge in [0.25, 0.3) is 5.91 Å². The number of aromatic nitrogens is 1. The zero-order chi connectivity index (χ0) is 28.0. The lowest BCUT2D eigenvalue weighted by Crippen LogP contribution is -2.56. The van der Waals surface area contributed by atoms with Crippen LogP contribution in [0.3, 0.4) is 0 Å². The number of anilines is 2. The van der Waals surface area contributed by atoms with Crippen LogP contribution < -0.4 is 15.4 Å². The number of alkyl halides is 3. The highest BCUT2D eigenvalue weighted by molar-refractivity contribution is 5.92. The van der Waals surface area contributed by atoms with Crippen LogP contribution in [-0.4, -0.2) is 73.7 Å². The maximum atomic E-state index is 14.0. The molecule has 1 aliphatic heterocycles. The molecule has 0 spiro atoms. The number of nitrogens with one attached hydrogen (secondary N) is 2. The highest BCUT2D eigenvalue weighted by atomic mass is 19.4. The predicted octanol–water partition coefficient (Wildman–Crippen LogP) is 5.11. The summed E-state index contributed by atoms with van der Waals surface area (Å²) in [5.41, 5.74) is 2.35. The summed E-state index contributed by atoms with van der Waals surface area (Å²) in [6.45, 7) is 6.31. The van der Waals surface area contributed by atoms with Gasteiger partial charge in [-0.2, -0.15) is 13.2 Å². The first-order valence-electron chi connectivity index (χ1n) is 13.0. The maximum Gasteiger partial charge on any atom is 0.416 e. The van der Waals surface area contributed by atoms with Crippen molar-refractivity contribution in [1.82, 2.24) is 9.88 Å². The van der Waals surface area contributed by atoms with E-state index in [1.165, 1.54) is 12.1 Å². The number of benzene rings is 2. The molecule has 0 aliphatic carbocycles. The molecule has 3 aromatic rings. The van der Waals surface area contributed by atoms with Crippen molar-refractivity contribution in [2.75, 3.05) is 64.1 Å². The van der Waals surface area contributed by atoms with Gasteiger partial charge in [0.1, 0.15) is 12.3 Å². The summed E-state index contributed by atoms with van der Waals surface area (Å²) >= 11 is 0. The van der Waals surface area contributed by atoms with E-state index in [9.17, 15) is 18.0 Å². The zero-order valence-electron chi connectivity index (χ0n) is 22.5. The third-order valence-electron chi connectivity index (χ3n) is 7.19. The van der Waals surface area contributed by atoms with E-state index in [4.69, 9.17) is 4.74 Å². The number of carbonyl (C=O) groups is 1. The van der Waals surface area contributed by atoms with Gasteiger partial charge in [0.05, 0.1) is 31.4 Å². The van der Waals surface area contributed by atoms with Crippen LogP contribution in [0.25, 0.3) is 11.1 Å². The molecule has 1 aromatic heterocycles. The number of rotatable bonds is 9. The van der Waals surface area contributed by atoms with Crippen LogP contribution in [0, 0.1) is 0 Å². The lowest BCUT2D eigenvalue weighted by molar-refractivity contribution is -0.926. The highest BCUT2D eigenvalue weighted by Gasteiger charge is 2.37. The van der Waals surface area contributed by atoms with Crippen LogP contribution in [0.15, 0.2) is 60.9 Å². The predicted molar refractivity (Wildman–Crippen MR) is 147 cm³/mol. The minimum Gasteiger partial charge on any atom is -0.484 e. The summed E-state index contributed by atoms with van der Waals surface area (Å²) in [4.78, 5) is 19.0. The van der Waals surface area contributed by atoms with E-state index in [2.05, 4.69) is 27.4 Å². The number of quaternary nitrogens is 1. The molecule has 1 fully saturated rings. The molecule has 0 radical (unpaired) electrons. The van der Waals surface area contributed by atoms with E-state index in [1.54, 1.807) is 24.5 Å². The SMILES string of the molecule is CCN1CC[N+](C)(Cc2ccc(NC(=O)COc3ccc(-c4cncc(NC)c4)cc3)cc2C(F)(F)F)CC1. The Morgan fingerprint density at radius 3 is 2.38 bits per heavy atom. The standard InChI is InChI=1S/C29H34F3N5O2/c1-4-36-11-13-37(3,14-12-36)19-22-5-8-24(16-27(22)29(30,31)32)35-28(38)20-39-26-9-6-21(7-10-26)23-15-25(33-2)18-34-17-23/h5-10,15-18,33H,4,11-14,19-20H2,1-3H3/p+1. The maximum absolute atomic E-state index is 14.0. The van der Waals surface area contributed by atoms with Gasteiger partial charge in [-0.15, -0.1) is 0 Å². The van der Waals surface area contributed by atoms with Crippen molar-refractivity contribution < 1.29 is 27.2 Å². The summed E-state index contributed by atoms with van der Waals surface area (Å²) < 4.78 is 48.0. The van der Waals surface area contributed by atoms with Gasteiger partial charge in [-0.25, -0.2) is 0 Å². The number of ether oxygens (including phenoxy) is 1. The van der Waals surface area contributed by atoms with E-state index in [0.29, 0.717) is 10.2 Å². The molecule has 4 rings (SSSR count). The minimum absolute atomic E-state index is 0.0883. The average molecular weight is 543 g/mol. The first-order valence-corrected chi connectivity index (χ1v) is 13.0. The van der Waals surface area contributed by atoms with Crippen molar-refractivity contribution in [3.8, 4) is 16.9 Å². The summed E-state index contributed by atoms with van der Waals surface area (Å²) in [5.74, 6) is -0.0707. The van der Waals surface area contributed by atoms with Crippen molar-refractivity contribution in [3.05, 3.63) is 72.1 Å². The third-order valence-corrected chi connectivity index (χ3v) is 7.19. The van der Waals surface area contributed by atoms with Crippen LogP contribution >= 0.6 is 0 Å². The molecule has 1 saturated heterocycles. The molecule has 2 heterocycles. The van der Waals surface area contributed by atoms with Crippen molar-refractivity contribution >= 4 is 17.3 Å². The molecule has 2 aromatic carbocycles. The van der Waals surface area contributed by atoms with E-state index in [1.807, 2.05) is 32.3 Å². The van der Waals surface area contributed by atoms with E-state index < -0.39 is 17.6 Å². The second-order valence-corrected chi connectivity index (χ2v) is 10.1. The van der Waals surface area contributed by atoms with Crippen LogP contribution in [0.2, 0.25) is 0 Å². The first kappa shape index (κ1) is 28.4. The van der Waals surface area contributed by atoms with Crippen LogP contribution in [0.4, 0.5) is 24.5 Å². The molecule has 39 heavy (non-hydrogen) atoms. The molecule has 0 bridgehead atoms. The summed E-state index contributed by atoms with van der Waals surface area (Å²) in [6.07, 6.45) is -1.05. The Balaban J connectivity index is 1.37. The first-order chi connectivity index (χ1) is 18.6. The molecule has 1 aliphatic rings. The van der Waals surface area contributed by atoms with Gasteiger partial charge < -0.3 is 19.9 Å². The van der Waals surface area contributed by atoms with Crippen molar-refractivity contribution in [1.29, 1.82) is 0 Å². The Bertz CT molecular complexity index is 1270. The number of hydrogen-bond acceptors (Lipinski definition) is 5. The van der Waals surface area contributed by atoms with Crippen LogP contribution in [-0.2, 0) is 17.5 Å². The number of carbonyl (C=O) groups excluding carboxylic acids is 1. The van der Waals surface area contributed by atoms with Crippen LogP contribution in [0.5, 0.6) is 5.75 Å². The van der Waals surface area contributed by atoms with Gasteiger partial charge in [-0.1, -0.05) is 25.1 Å². The molecule has 2 N–H and O–H groups in total. The van der Waals surface area contributed by atoms with Gasteiger partial charge in [-0.05, 0) is 42.4 Å². The quantitative estimate of drug-likeness (QED) is 0.368. The number of pyridine rings is 1. The number of nitrogens with zero attached hydrogens (tertiary/aromatic N) is 3. The number of hydrogen-bond donors (Lipinski definition) is 2. The fourth-order valence-electron chi connectivity index (χ4n) is 4.75. The second-order valence-electron chi connectivity index (χ2n) is 10.1. The van der Waals surface area contributed by atoms with E-state index >= 15 is 0 Å². The van der Waals surface area contributed by atoms with Crippen molar-refractivity contribution in [2.45, 2.75) is 19.6 Å². The summed E-state index contributed by atoms with van der Waals surface area (Å²) in [7, 11) is 3.82. The number of piperazine rings is 1. The van der Waals surface area contributed by atoms with Crippen LogP contribution in [0.1, 0.15) is 18.1 Å². The second kappa shape index (κ2) is 12.0. The Morgan fingerprint density at radius 1 is 1.03 bits per heavy atom. The Hall–Kier alpha value is -3.63. The molecule has 0 unspecified atom stereocenters. The average Bonchev–Trinajstić information content (AvgIpc) is 2.93. The Kier molecular flexibility index (Phi) is 8.76. The number of halogens is 3. The topological polar surface area (TPSA) is 66.5 Å². The van der Waals surface area contributed by atoms with Crippen molar-refractivity contribution in [3.63, 3.8) is 0 Å². The molecule has 10 heteroatoms. The highest BCUT2D eigenvalue weighted by Crippen LogP contribution is 2.35. The normalized spacial score (nSPS) is 15.5. The van der Waals surface area contributed by atoms with Gasteiger partial charge in [0, 0.05) is 49.3 Å². The monoisotopic (exact) mass is 542 g/mol. The molecule has 208 valence electrons. The fraction of sp³-hybridized carbons (Fsp3) is 0.379. The molecule has 0 saturated carbocycles. The zero-order valence-corrected chi connectivity index (χ0v) is 22.5. The molecular weight excluding hydrogens is 507 g/mol. The minimum atomic E-state index is -4.53. The van der Waals surface area contributed by atoms with Gasteiger partial charge >= 0.3 is 6.18 Å². The van der Waals surface area contributed by atoms with Gasteiger partial charge in [0.15, 0.2) is 6.61 Å². The lowest BCUT2D eigenvalue weighted by atomic mass is 10.0. The summed E-state index contributed by atoms with van der Waals surface area (Å²) in [6, 6.07) is 13.1. The van der Waals surface area contributed by atoms with E-state index in [0.717, 1.165) is 55.6 Å². The van der Waals surface area contributed by atoms with Crippen molar-refractivity contribution in [2.24, 2.45) is 0 Å². The fourth-order valence-corrected chi connectivity index (χ4v) is 4.75. The van der Waals surface area contributed by atoms with Gasteiger partial charge in [-0.3, -0.25) is 14.7 Å². The smallest absolute Gasteiger partial charge is 0.416 e. The Morgan fingerprint density at radius 2 is 1.74 bits per heavy atom. The Labute approximate surface area is 227 Å². The van der Waals surface area contributed by atoms with Gasteiger partial charge in [0.2, 0.25) is 0 Å². The number of amides is 1. The molecule has 7 nitrogen and oxygen atoms in total. The molecule has 0 atom stereocenters. The molecule has 1 amide bonds. The third kappa shape index (κ3) is 7.48. The summed E-state index contributed by atoms with van der Waals surface area (Å²) in [5, 5.41) is 5.58. The van der Waals surface area contributed by atoms with E-state index in [-0.39, 0.29) is 24.4 Å². The largest absolute Gasteiger partial charge is 0.484 e. The lowest BCUT2D eigenvalue weighted by Gasteiger charge is -2.42. The number of likely N-dealkylation sites (N-methyl/N-ethyl adjacent to an activating group) is 2. The molecular formula is C29H35F3N5O2+.